The molecule has 9 nitrogen and oxygen atoms in total. The van der Waals surface area contributed by atoms with Crippen molar-refractivity contribution >= 4 is 39.0 Å². The van der Waals surface area contributed by atoms with Gasteiger partial charge in [-0.3, -0.25) is 4.79 Å². The first-order valence-electron chi connectivity index (χ1n) is 13.8. The Morgan fingerprint density at radius 1 is 1.23 bits per heavy atom. The highest BCUT2D eigenvalue weighted by atomic mass is 32.2. The third-order valence-corrected chi connectivity index (χ3v) is 11.0. The molecule has 0 spiro atoms. The Kier molecular flexibility index (Phi) is 9.56. The van der Waals surface area contributed by atoms with Gasteiger partial charge < -0.3 is 20.3 Å². The van der Waals surface area contributed by atoms with Gasteiger partial charge in [0.15, 0.2) is 0 Å². The molecule has 0 saturated heterocycles. The van der Waals surface area contributed by atoms with Gasteiger partial charge in [0.25, 0.3) is 15.9 Å². The van der Waals surface area contributed by atoms with Crippen molar-refractivity contribution in [2.24, 2.45) is 5.92 Å². The van der Waals surface area contributed by atoms with Crippen molar-refractivity contribution in [3.05, 3.63) is 41.3 Å². The predicted octanol–water partition coefficient (Wildman–Crippen LogP) is 5.16. The van der Waals surface area contributed by atoms with Crippen molar-refractivity contribution in [2.45, 2.75) is 81.7 Å². The number of amides is 3. The van der Waals surface area contributed by atoms with E-state index in [-0.39, 0.29) is 40.7 Å². The van der Waals surface area contributed by atoms with Gasteiger partial charge in [-0.25, -0.2) is 13.2 Å². The molecule has 1 aromatic carbocycles. The van der Waals surface area contributed by atoms with Crippen molar-refractivity contribution in [1.82, 2.24) is 14.5 Å². The van der Waals surface area contributed by atoms with Crippen molar-refractivity contribution in [2.75, 3.05) is 25.5 Å². The third-order valence-electron chi connectivity index (χ3n) is 7.79. The molecule has 0 bridgehead atoms. The van der Waals surface area contributed by atoms with Crippen LogP contribution in [0.25, 0.3) is 0 Å². The molecule has 2 heterocycles. The van der Waals surface area contributed by atoms with Gasteiger partial charge in [-0.15, -0.1) is 11.3 Å². The SMILES string of the molecule is CC[C@@H](C)N1C[C@@H](C)[C@@H](CN(C)S(=O)(=O)c2cccs2)Oc2ccc(NC(=O)NC3CCCCC3)cc2C1=O. The van der Waals surface area contributed by atoms with E-state index in [1.54, 1.807) is 42.8 Å². The Balaban J connectivity index is 1.58. The molecule has 1 fully saturated rings. The predicted molar refractivity (Wildman–Crippen MR) is 154 cm³/mol. The van der Waals surface area contributed by atoms with Crippen LogP contribution in [0.5, 0.6) is 5.75 Å². The lowest BCUT2D eigenvalue weighted by molar-refractivity contribution is 0.0461. The quantitative estimate of drug-likeness (QED) is 0.451. The first-order chi connectivity index (χ1) is 18.6. The van der Waals surface area contributed by atoms with Crippen LogP contribution in [-0.2, 0) is 10.0 Å². The summed E-state index contributed by atoms with van der Waals surface area (Å²) in [5.41, 5.74) is 0.858. The van der Waals surface area contributed by atoms with E-state index in [0.717, 1.165) is 32.1 Å². The Hall–Kier alpha value is -2.63. The number of benzene rings is 1. The van der Waals surface area contributed by atoms with Crippen LogP contribution in [0.2, 0.25) is 0 Å². The molecule has 2 N–H and O–H groups in total. The van der Waals surface area contributed by atoms with Gasteiger partial charge in [-0.05, 0) is 55.8 Å². The molecule has 0 radical (unpaired) electrons. The number of nitrogens with one attached hydrogen (secondary N) is 2. The topological polar surface area (TPSA) is 108 Å². The summed E-state index contributed by atoms with van der Waals surface area (Å²) in [6.07, 6.45) is 5.67. The zero-order valence-electron chi connectivity index (χ0n) is 23.2. The van der Waals surface area contributed by atoms with Gasteiger partial charge in [-0.2, -0.15) is 4.31 Å². The summed E-state index contributed by atoms with van der Waals surface area (Å²) < 4.78 is 34.2. The molecule has 1 aliphatic carbocycles. The number of hydrogen-bond donors (Lipinski definition) is 2. The second kappa shape index (κ2) is 12.7. The number of fused-ring (bicyclic) bond motifs is 1. The fourth-order valence-corrected chi connectivity index (χ4v) is 7.54. The van der Waals surface area contributed by atoms with Gasteiger partial charge in [-0.1, -0.05) is 39.2 Å². The lowest BCUT2D eigenvalue weighted by Crippen LogP contribution is -2.49. The second-order valence-corrected chi connectivity index (χ2v) is 13.9. The van der Waals surface area contributed by atoms with Gasteiger partial charge in [0.05, 0.1) is 12.1 Å². The Bertz CT molecular complexity index is 1240. The van der Waals surface area contributed by atoms with Gasteiger partial charge in [0, 0.05) is 37.3 Å². The molecule has 1 aliphatic heterocycles. The van der Waals surface area contributed by atoms with E-state index in [1.807, 2.05) is 25.7 Å². The minimum Gasteiger partial charge on any atom is -0.488 e. The largest absolute Gasteiger partial charge is 0.488 e. The summed E-state index contributed by atoms with van der Waals surface area (Å²) in [4.78, 5) is 28.2. The minimum atomic E-state index is -3.66. The van der Waals surface area contributed by atoms with E-state index in [4.69, 9.17) is 4.74 Å². The number of likely N-dealkylation sites (N-methyl/N-ethyl adjacent to an activating group) is 1. The van der Waals surface area contributed by atoms with Crippen molar-refractivity contribution in [1.29, 1.82) is 0 Å². The first-order valence-corrected chi connectivity index (χ1v) is 16.1. The van der Waals surface area contributed by atoms with E-state index >= 15 is 0 Å². The number of nitrogens with zero attached hydrogens (tertiary/aromatic N) is 2. The maximum atomic E-state index is 13.7. The number of carbonyl (C=O) groups excluding carboxylic acids is 2. The summed E-state index contributed by atoms with van der Waals surface area (Å²) in [7, 11) is -2.10. The standard InChI is InChI=1S/C28H40N4O5S2/c1-5-20(3)32-17-19(2)25(18-31(4)39(35,36)26-12-9-15-38-26)37-24-14-13-22(16-23(24)27(32)33)30-28(34)29-21-10-7-6-8-11-21/h9,12-16,19-21,25H,5-8,10-11,17-18H2,1-4H3,(H2,29,30,34)/t19-,20-,25-/m1/s1. The van der Waals surface area contributed by atoms with E-state index < -0.39 is 16.1 Å². The van der Waals surface area contributed by atoms with Crippen LogP contribution in [-0.4, -0.2) is 67.9 Å². The molecule has 3 atom stereocenters. The van der Waals surface area contributed by atoms with Crippen LogP contribution < -0.4 is 15.4 Å². The average Bonchev–Trinajstić information content (AvgIpc) is 3.47. The van der Waals surface area contributed by atoms with E-state index in [0.29, 0.717) is 23.5 Å². The summed E-state index contributed by atoms with van der Waals surface area (Å²) in [6, 6.07) is 8.24. The molecule has 2 aliphatic rings. The molecule has 1 saturated carbocycles. The molecule has 39 heavy (non-hydrogen) atoms. The van der Waals surface area contributed by atoms with Crippen LogP contribution in [0, 0.1) is 5.92 Å². The highest BCUT2D eigenvalue weighted by Gasteiger charge is 2.35. The molecule has 1 aromatic heterocycles. The third kappa shape index (κ3) is 6.93. The Labute approximate surface area is 236 Å². The average molecular weight is 577 g/mol. The number of anilines is 1. The molecule has 0 unspecified atom stereocenters. The normalized spacial score (nSPS) is 21.5. The van der Waals surface area contributed by atoms with E-state index in [2.05, 4.69) is 10.6 Å². The molecule has 3 amide bonds. The highest BCUT2D eigenvalue weighted by molar-refractivity contribution is 7.91. The Morgan fingerprint density at radius 2 is 1.97 bits per heavy atom. The summed E-state index contributed by atoms with van der Waals surface area (Å²) in [5.74, 6) is 0.0849. The molecular weight excluding hydrogens is 536 g/mol. The molecule has 4 rings (SSSR count). The minimum absolute atomic E-state index is 0.0228. The van der Waals surface area contributed by atoms with E-state index in [9.17, 15) is 18.0 Å². The second-order valence-electron chi connectivity index (χ2n) is 10.7. The van der Waals surface area contributed by atoms with Crippen LogP contribution in [0.3, 0.4) is 0 Å². The maximum Gasteiger partial charge on any atom is 0.319 e. The first kappa shape index (κ1) is 29.4. The van der Waals surface area contributed by atoms with Gasteiger partial charge in [0.2, 0.25) is 0 Å². The van der Waals surface area contributed by atoms with Gasteiger partial charge >= 0.3 is 6.03 Å². The molecule has 214 valence electrons. The number of ether oxygens (including phenoxy) is 1. The summed E-state index contributed by atoms with van der Waals surface area (Å²) in [5, 5.41) is 7.66. The van der Waals surface area contributed by atoms with Crippen molar-refractivity contribution in [3.63, 3.8) is 0 Å². The lowest BCUT2D eigenvalue weighted by atomic mass is 9.96. The molecule has 11 heteroatoms. The fourth-order valence-electron chi connectivity index (χ4n) is 5.15. The number of thiophene rings is 1. The van der Waals surface area contributed by atoms with Crippen LogP contribution in [0.1, 0.15) is 69.7 Å². The zero-order chi connectivity index (χ0) is 28.2. The van der Waals surface area contributed by atoms with Crippen LogP contribution in [0.15, 0.2) is 39.9 Å². The van der Waals surface area contributed by atoms with Crippen molar-refractivity contribution < 1.29 is 22.7 Å². The van der Waals surface area contributed by atoms with Crippen LogP contribution >= 0.6 is 11.3 Å². The van der Waals surface area contributed by atoms with Crippen molar-refractivity contribution in [3.8, 4) is 5.75 Å². The number of hydrogen-bond acceptors (Lipinski definition) is 6. The summed E-state index contributed by atoms with van der Waals surface area (Å²) >= 11 is 1.18. The Morgan fingerprint density at radius 3 is 2.64 bits per heavy atom. The number of urea groups is 1. The fraction of sp³-hybridized carbons (Fsp3) is 0.571. The van der Waals surface area contributed by atoms with Gasteiger partial charge in [0.1, 0.15) is 16.1 Å². The zero-order valence-corrected chi connectivity index (χ0v) is 24.8. The number of rotatable bonds is 8. The monoisotopic (exact) mass is 576 g/mol. The van der Waals surface area contributed by atoms with Crippen LogP contribution in [0.4, 0.5) is 10.5 Å². The molecule has 2 aromatic rings. The molecular formula is C28H40N4O5S2. The number of carbonyl (C=O) groups is 2. The maximum absolute atomic E-state index is 13.7. The van der Waals surface area contributed by atoms with E-state index in [1.165, 1.54) is 22.1 Å². The lowest BCUT2D eigenvalue weighted by Gasteiger charge is -2.38. The number of sulfonamides is 1. The summed E-state index contributed by atoms with van der Waals surface area (Å²) in [6.45, 7) is 6.58. The smallest absolute Gasteiger partial charge is 0.319 e. The highest BCUT2D eigenvalue weighted by Crippen LogP contribution is 2.32.